The Bertz CT molecular complexity index is 623. The number of aromatic carboxylic acids is 1. The van der Waals surface area contributed by atoms with E-state index in [2.05, 4.69) is 9.62 Å². The number of sulfonamides is 1. The van der Waals surface area contributed by atoms with E-state index in [-0.39, 0.29) is 22.5 Å². The molecule has 2 heterocycles. The average Bonchev–Trinajstić information content (AvgIpc) is 2.81. The molecular formula is C13H20N2O5S. The van der Waals surface area contributed by atoms with Crippen LogP contribution in [0.1, 0.15) is 35.6 Å². The van der Waals surface area contributed by atoms with Crippen molar-refractivity contribution in [3.8, 4) is 0 Å². The van der Waals surface area contributed by atoms with Gasteiger partial charge in [-0.05, 0) is 33.4 Å². The molecule has 118 valence electrons. The average molecular weight is 316 g/mol. The molecule has 2 N–H and O–H groups in total. The van der Waals surface area contributed by atoms with Crippen LogP contribution in [-0.4, -0.2) is 50.6 Å². The quantitative estimate of drug-likeness (QED) is 0.842. The summed E-state index contributed by atoms with van der Waals surface area (Å²) in [6, 6.07) is 1.21. The summed E-state index contributed by atoms with van der Waals surface area (Å²) in [4.78, 5) is 12.8. The lowest BCUT2D eigenvalue weighted by molar-refractivity contribution is 0.0661. The minimum Gasteiger partial charge on any atom is -0.475 e. The number of carbonyl (C=O) groups is 1. The first-order valence-electron chi connectivity index (χ1n) is 6.85. The minimum atomic E-state index is -3.76. The van der Waals surface area contributed by atoms with Crippen LogP contribution in [0.3, 0.4) is 0 Å². The van der Waals surface area contributed by atoms with E-state index in [0.29, 0.717) is 6.54 Å². The van der Waals surface area contributed by atoms with Gasteiger partial charge < -0.3 is 14.4 Å². The summed E-state index contributed by atoms with van der Waals surface area (Å²) in [5, 5.41) is 8.84. The number of aryl methyl sites for hydroxylation is 1. The molecule has 0 amide bonds. The summed E-state index contributed by atoms with van der Waals surface area (Å²) >= 11 is 0. The maximum atomic E-state index is 12.3. The van der Waals surface area contributed by atoms with E-state index < -0.39 is 16.0 Å². The highest BCUT2D eigenvalue weighted by atomic mass is 32.2. The van der Waals surface area contributed by atoms with Gasteiger partial charge in [-0.3, -0.25) is 0 Å². The second kappa shape index (κ2) is 6.17. The first-order valence-corrected chi connectivity index (χ1v) is 8.33. The van der Waals surface area contributed by atoms with Gasteiger partial charge in [0.1, 0.15) is 10.7 Å². The summed E-state index contributed by atoms with van der Waals surface area (Å²) in [6.45, 7) is 2.71. The third-order valence-electron chi connectivity index (χ3n) is 3.80. The molecule has 1 aliphatic heterocycles. The number of nitrogens with one attached hydrogen (secondary N) is 1. The van der Waals surface area contributed by atoms with Crippen molar-refractivity contribution in [2.45, 2.75) is 37.1 Å². The lowest BCUT2D eigenvalue weighted by Gasteiger charge is -2.32. The Morgan fingerprint density at radius 2 is 2.24 bits per heavy atom. The number of likely N-dealkylation sites (N-methyl/N-ethyl adjacent to an activating group) is 1. The zero-order chi connectivity index (χ0) is 15.6. The summed E-state index contributed by atoms with van der Waals surface area (Å²) in [5.74, 6) is -1.58. The third-order valence-corrected chi connectivity index (χ3v) is 5.33. The number of hydrogen-bond donors (Lipinski definition) is 2. The van der Waals surface area contributed by atoms with Crippen LogP contribution in [-0.2, 0) is 10.0 Å². The van der Waals surface area contributed by atoms with Gasteiger partial charge in [0.25, 0.3) is 0 Å². The monoisotopic (exact) mass is 316 g/mol. The van der Waals surface area contributed by atoms with Gasteiger partial charge in [0.05, 0.1) is 0 Å². The van der Waals surface area contributed by atoms with Crippen LogP contribution in [0, 0.1) is 6.92 Å². The molecule has 21 heavy (non-hydrogen) atoms. The van der Waals surface area contributed by atoms with Crippen molar-refractivity contribution < 1.29 is 22.7 Å². The van der Waals surface area contributed by atoms with E-state index in [4.69, 9.17) is 9.52 Å². The molecule has 0 spiro atoms. The zero-order valence-electron chi connectivity index (χ0n) is 12.1. The zero-order valence-corrected chi connectivity index (χ0v) is 12.9. The molecule has 1 aliphatic rings. The first kappa shape index (κ1) is 16.0. The number of rotatable bonds is 5. The van der Waals surface area contributed by atoms with Gasteiger partial charge in [0, 0.05) is 18.7 Å². The normalized spacial score (nSPS) is 20.6. The Hall–Kier alpha value is -1.38. The lowest BCUT2D eigenvalue weighted by atomic mass is 10.0. The summed E-state index contributed by atoms with van der Waals surface area (Å²) < 4.78 is 32.0. The van der Waals surface area contributed by atoms with Gasteiger partial charge in [-0.25, -0.2) is 17.9 Å². The molecule has 1 saturated heterocycles. The topological polar surface area (TPSA) is 99.8 Å². The van der Waals surface area contributed by atoms with Gasteiger partial charge in [-0.2, -0.15) is 0 Å². The number of piperidine rings is 1. The summed E-state index contributed by atoms with van der Waals surface area (Å²) in [7, 11) is -1.78. The van der Waals surface area contributed by atoms with Crippen molar-refractivity contribution in [1.29, 1.82) is 0 Å². The van der Waals surface area contributed by atoms with Gasteiger partial charge in [-0.1, -0.05) is 6.42 Å². The highest BCUT2D eigenvalue weighted by Crippen LogP contribution is 2.21. The number of furan rings is 1. The third kappa shape index (κ3) is 3.63. The summed E-state index contributed by atoms with van der Waals surface area (Å²) in [6.07, 6.45) is 3.16. The molecule has 2 rings (SSSR count). The second-order valence-corrected chi connectivity index (χ2v) is 7.05. The molecular weight excluding hydrogens is 296 g/mol. The number of nitrogens with zero attached hydrogens (tertiary/aromatic N) is 1. The van der Waals surface area contributed by atoms with Crippen molar-refractivity contribution in [2.24, 2.45) is 0 Å². The molecule has 8 heteroatoms. The Labute approximate surface area is 124 Å². The number of carboxylic acids is 1. The molecule has 1 fully saturated rings. The molecule has 1 atom stereocenters. The highest BCUT2D eigenvalue weighted by Gasteiger charge is 2.26. The molecule has 0 saturated carbocycles. The Morgan fingerprint density at radius 3 is 2.81 bits per heavy atom. The SMILES string of the molecule is Cc1oc(C(=O)O)cc1S(=O)(=O)NCC1CCCCN1C. The van der Waals surface area contributed by atoms with Crippen LogP contribution in [0.2, 0.25) is 0 Å². The van der Waals surface area contributed by atoms with Crippen molar-refractivity contribution in [2.75, 3.05) is 20.1 Å². The Morgan fingerprint density at radius 1 is 1.52 bits per heavy atom. The predicted octanol–water partition coefficient (Wildman–Crippen LogP) is 1.05. The summed E-state index contributed by atoms with van der Waals surface area (Å²) in [5.41, 5.74) is 0. The Kier molecular flexibility index (Phi) is 4.70. The number of hydrogen-bond acceptors (Lipinski definition) is 5. The fraction of sp³-hybridized carbons (Fsp3) is 0.615. The molecule has 1 unspecified atom stereocenters. The molecule has 0 radical (unpaired) electrons. The fourth-order valence-electron chi connectivity index (χ4n) is 2.52. The highest BCUT2D eigenvalue weighted by molar-refractivity contribution is 7.89. The van der Waals surface area contributed by atoms with E-state index >= 15 is 0 Å². The van der Waals surface area contributed by atoms with E-state index in [1.807, 2.05) is 7.05 Å². The Balaban J connectivity index is 2.09. The van der Waals surface area contributed by atoms with E-state index in [1.54, 1.807) is 0 Å². The van der Waals surface area contributed by atoms with Crippen LogP contribution in [0.25, 0.3) is 0 Å². The minimum absolute atomic E-state index is 0.0805. The van der Waals surface area contributed by atoms with Crippen LogP contribution in [0.5, 0.6) is 0 Å². The maximum absolute atomic E-state index is 12.3. The van der Waals surface area contributed by atoms with Crippen molar-refractivity contribution in [1.82, 2.24) is 9.62 Å². The van der Waals surface area contributed by atoms with Crippen LogP contribution in [0.4, 0.5) is 0 Å². The molecule has 1 aromatic heterocycles. The van der Waals surface area contributed by atoms with Crippen LogP contribution >= 0.6 is 0 Å². The van der Waals surface area contributed by atoms with Crippen molar-refractivity contribution in [3.05, 3.63) is 17.6 Å². The van der Waals surface area contributed by atoms with Crippen LogP contribution in [0.15, 0.2) is 15.4 Å². The number of carboxylic acid groups (broad SMARTS) is 1. The van der Waals surface area contributed by atoms with E-state index in [1.165, 1.54) is 6.92 Å². The maximum Gasteiger partial charge on any atom is 0.371 e. The van der Waals surface area contributed by atoms with E-state index in [9.17, 15) is 13.2 Å². The standard InChI is InChI=1S/C13H20N2O5S/c1-9-12(7-11(20-9)13(16)17)21(18,19)14-8-10-5-3-4-6-15(10)2/h7,10,14H,3-6,8H2,1-2H3,(H,16,17). The fourth-order valence-corrected chi connectivity index (χ4v) is 3.77. The molecule has 0 bridgehead atoms. The van der Waals surface area contributed by atoms with Gasteiger partial charge >= 0.3 is 5.97 Å². The van der Waals surface area contributed by atoms with Crippen LogP contribution < -0.4 is 4.72 Å². The van der Waals surface area contributed by atoms with Gasteiger partial charge in [-0.15, -0.1) is 0 Å². The van der Waals surface area contributed by atoms with Crippen molar-refractivity contribution >= 4 is 16.0 Å². The van der Waals surface area contributed by atoms with Gasteiger partial charge in [0.2, 0.25) is 15.8 Å². The molecule has 0 aromatic carbocycles. The molecule has 7 nitrogen and oxygen atoms in total. The lowest BCUT2D eigenvalue weighted by Crippen LogP contribution is -2.44. The number of likely N-dealkylation sites (tertiary alicyclic amines) is 1. The largest absolute Gasteiger partial charge is 0.475 e. The van der Waals surface area contributed by atoms with E-state index in [0.717, 1.165) is 31.9 Å². The second-order valence-electron chi connectivity index (χ2n) is 5.32. The molecule has 1 aromatic rings. The molecule has 0 aliphatic carbocycles. The smallest absolute Gasteiger partial charge is 0.371 e. The predicted molar refractivity (Wildman–Crippen MR) is 75.9 cm³/mol. The first-order chi connectivity index (χ1) is 9.81. The van der Waals surface area contributed by atoms with Crippen molar-refractivity contribution in [3.63, 3.8) is 0 Å². The van der Waals surface area contributed by atoms with Gasteiger partial charge in [0.15, 0.2) is 0 Å².